The van der Waals surface area contributed by atoms with E-state index in [0.29, 0.717) is 28.3 Å². The monoisotopic (exact) mass is 563 g/mol. The summed E-state index contributed by atoms with van der Waals surface area (Å²) in [5.41, 5.74) is 4.86. The van der Waals surface area contributed by atoms with Crippen LogP contribution in [0.4, 0.5) is 4.39 Å². The Hall–Kier alpha value is -5.19. The molecular weight excluding hydrogens is 541 g/mol. The Bertz CT molecular complexity index is 1840. The molecule has 0 saturated heterocycles. The van der Waals surface area contributed by atoms with E-state index < -0.39 is 5.97 Å². The molecule has 202 valence electrons. The van der Waals surface area contributed by atoms with Gasteiger partial charge < -0.3 is 15.0 Å². The number of halogens is 2. The summed E-state index contributed by atoms with van der Waals surface area (Å²) in [6.07, 6.45) is 3.70. The van der Waals surface area contributed by atoms with Crippen LogP contribution in [-0.4, -0.2) is 21.6 Å². The standard InChI is InChI=1S/C33H23ClFN3O3/c34-28-10-13-30-27(20-38(31(30)16-28)19-22-6-11-29(35)12-7-22)15-26(17-36)24-2-1-3-25(14-24)32(39)37-18-21-4-8-23(9-5-21)33(40)41/h1-16,20H,18-19H2,(H,37,39)(H,40,41)/b26-15+. The molecule has 0 spiro atoms. The van der Waals surface area contributed by atoms with E-state index in [1.807, 2.05) is 22.9 Å². The van der Waals surface area contributed by atoms with Gasteiger partial charge in [-0.1, -0.05) is 54.1 Å². The van der Waals surface area contributed by atoms with Crippen molar-refractivity contribution in [3.05, 3.63) is 141 Å². The van der Waals surface area contributed by atoms with Crippen LogP contribution in [0.5, 0.6) is 0 Å². The highest BCUT2D eigenvalue weighted by Gasteiger charge is 2.13. The van der Waals surface area contributed by atoms with Crippen molar-refractivity contribution in [1.29, 1.82) is 5.26 Å². The van der Waals surface area contributed by atoms with Gasteiger partial charge in [0.2, 0.25) is 0 Å². The number of nitrogens with zero attached hydrogens (tertiary/aromatic N) is 2. The number of allylic oxidation sites excluding steroid dienone is 1. The lowest BCUT2D eigenvalue weighted by Gasteiger charge is -2.07. The first-order valence-electron chi connectivity index (χ1n) is 12.7. The van der Waals surface area contributed by atoms with Crippen molar-refractivity contribution < 1.29 is 19.1 Å². The highest BCUT2D eigenvalue weighted by Crippen LogP contribution is 2.29. The molecule has 0 aliphatic carbocycles. The number of amides is 1. The lowest BCUT2D eigenvalue weighted by Crippen LogP contribution is -2.22. The SMILES string of the molecule is N#C/C(=C\c1cn(Cc2ccc(F)cc2)c2cc(Cl)ccc12)c1cccc(C(=O)NCc2ccc(C(=O)O)cc2)c1. The van der Waals surface area contributed by atoms with Gasteiger partial charge in [0, 0.05) is 40.8 Å². The van der Waals surface area contributed by atoms with Crippen LogP contribution < -0.4 is 5.32 Å². The average molecular weight is 564 g/mol. The van der Waals surface area contributed by atoms with Gasteiger partial charge in [0.15, 0.2) is 0 Å². The first-order valence-corrected chi connectivity index (χ1v) is 13.0. The largest absolute Gasteiger partial charge is 0.478 e. The van der Waals surface area contributed by atoms with E-state index >= 15 is 0 Å². The zero-order valence-electron chi connectivity index (χ0n) is 21.6. The molecule has 0 radical (unpaired) electrons. The molecule has 41 heavy (non-hydrogen) atoms. The van der Waals surface area contributed by atoms with E-state index in [2.05, 4.69) is 11.4 Å². The molecule has 4 aromatic carbocycles. The predicted molar refractivity (Wildman–Crippen MR) is 157 cm³/mol. The Kier molecular flexibility index (Phi) is 7.95. The molecule has 0 aliphatic rings. The number of aromatic nitrogens is 1. The zero-order chi connectivity index (χ0) is 28.9. The third-order valence-electron chi connectivity index (χ3n) is 6.65. The Morgan fingerprint density at radius 2 is 1.63 bits per heavy atom. The van der Waals surface area contributed by atoms with Gasteiger partial charge in [0.1, 0.15) is 5.82 Å². The molecule has 5 aromatic rings. The topological polar surface area (TPSA) is 95.1 Å². The van der Waals surface area contributed by atoms with Gasteiger partial charge in [-0.3, -0.25) is 4.79 Å². The minimum Gasteiger partial charge on any atom is -0.478 e. The Morgan fingerprint density at radius 1 is 0.927 bits per heavy atom. The molecule has 1 heterocycles. The number of aromatic carboxylic acids is 1. The van der Waals surface area contributed by atoms with E-state index in [-0.39, 0.29) is 23.8 Å². The fourth-order valence-electron chi connectivity index (χ4n) is 4.54. The molecule has 0 unspecified atom stereocenters. The summed E-state index contributed by atoms with van der Waals surface area (Å²) in [5.74, 6) is -1.64. The number of carbonyl (C=O) groups is 2. The molecule has 8 heteroatoms. The minimum atomic E-state index is -1.01. The quantitative estimate of drug-likeness (QED) is 0.196. The fraction of sp³-hybridized carbons (Fsp3) is 0.0606. The Balaban J connectivity index is 1.40. The maximum Gasteiger partial charge on any atom is 0.335 e. The number of rotatable bonds is 8. The number of carboxylic acids is 1. The van der Waals surface area contributed by atoms with Crippen molar-refractivity contribution >= 4 is 46.0 Å². The van der Waals surface area contributed by atoms with Crippen LogP contribution in [-0.2, 0) is 13.1 Å². The first kappa shape index (κ1) is 27.4. The summed E-state index contributed by atoms with van der Waals surface area (Å²) in [4.78, 5) is 23.9. The molecule has 0 atom stereocenters. The minimum absolute atomic E-state index is 0.172. The van der Waals surface area contributed by atoms with Crippen molar-refractivity contribution in [2.24, 2.45) is 0 Å². The van der Waals surface area contributed by atoms with Crippen LogP contribution in [0, 0.1) is 17.1 Å². The predicted octanol–water partition coefficient (Wildman–Crippen LogP) is 7.17. The number of carboxylic acid groups (broad SMARTS) is 1. The van der Waals surface area contributed by atoms with Crippen LogP contribution >= 0.6 is 11.6 Å². The third kappa shape index (κ3) is 6.35. The maximum atomic E-state index is 13.4. The fourth-order valence-corrected chi connectivity index (χ4v) is 4.71. The van der Waals surface area contributed by atoms with Crippen molar-refractivity contribution in [2.75, 3.05) is 0 Å². The highest BCUT2D eigenvalue weighted by atomic mass is 35.5. The number of hydrogen-bond donors (Lipinski definition) is 2. The van der Waals surface area contributed by atoms with Crippen LogP contribution in [0.1, 0.15) is 43.0 Å². The van der Waals surface area contributed by atoms with E-state index in [0.717, 1.165) is 27.6 Å². The van der Waals surface area contributed by atoms with Gasteiger partial charge in [-0.05, 0) is 71.3 Å². The van der Waals surface area contributed by atoms with Gasteiger partial charge in [0.25, 0.3) is 5.91 Å². The van der Waals surface area contributed by atoms with E-state index in [1.165, 1.54) is 24.3 Å². The van der Waals surface area contributed by atoms with Crippen LogP contribution in [0.25, 0.3) is 22.6 Å². The highest BCUT2D eigenvalue weighted by molar-refractivity contribution is 6.31. The number of carbonyl (C=O) groups excluding carboxylic acids is 1. The molecular formula is C33H23ClFN3O3. The molecule has 0 fully saturated rings. The molecule has 5 rings (SSSR count). The lowest BCUT2D eigenvalue weighted by atomic mass is 10.0. The van der Waals surface area contributed by atoms with Crippen LogP contribution in [0.15, 0.2) is 97.2 Å². The van der Waals surface area contributed by atoms with E-state index in [4.69, 9.17) is 16.7 Å². The van der Waals surface area contributed by atoms with Crippen LogP contribution in [0.3, 0.4) is 0 Å². The lowest BCUT2D eigenvalue weighted by molar-refractivity contribution is 0.0696. The normalized spacial score (nSPS) is 11.3. The second-order valence-electron chi connectivity index (χ2n) is 9.44. The number of benzene rings is 4. The average Bonchev–Trinajstić information content (AvgIpc) is 3.31. The van der Waals surface area contributed by atoms with E-state index in [9.17, 15) is 19.2 Å². The first-order chi connectivity index (χ1) is 19.8. The van der Waals surface area contributed by atoms with Crippen molar-refractivity contribution in [3.63, 3.8) is 0 Å². The Morgan fingerprint density at radius 3 is 2.34 bits per heavy atom. The second-order valence-corrected chi connectivity index (χ2v) is 9.87. The van der Waals surface area contributed by atoms with Gasteiger partial charge in [-0.25, -0.2) is 9.18 Å². The molecule has 1 amide bonds. The summed E-state index contributed by atoms with van der Waals surface area (Å²) in [6.45, 7) is 0.710. The van der Waals surface area contributed by atoms with Gasteiger partial charge in [-0.2, -0.15) is 5.26 Å². The number of nitriles is 1. The molecule has 0 bridgehead atoms. The maximum absolute atomic E-state index is 13.4. The number of fused-ring (bicyclic) bond motifs is 1. The van der Waals surface area contributed by atoms with Crippen molar-refractivity contribution in [3.8, 4) is 6.07 Å². The number of hydrogen-bond acceptors (Lipinski definition) is 3. The van der Waals surface area contributed by atoms with Gasteiger partial charge >= 0.3 is 5.97 Å². The van der Waals surface area contributed by atoms with Crippen LogP contribution in [0.2, 0.25) is 5.02 Å². The summed E-state index contributed by atoms with van der Waals surface area (Å²) in [5, 5.41) is 23.4. The van der Waals surface area contributed by atoms with Crippen molar-refractivity contribution in [2.45, 2.75) is 13.1 Å². The van der Waals surface area contributed by atoms with Crippen molar-refractivity contribution in [1.82, 2.24) is 9.88 Å². The third-order valence-corrected chi connectivity index (χ3v) is 6.89. The summed E-state index contributed by atoms with van der Waals surface area (Å²) in [6, 6.07) is 27.1. The molecule has 0 aliphatic heterocycles. The van der Waals surface area contributed by atoms with Gasteiger partial charge in [0.05, 0.1) is 22.7 Å². The summed E-state index contributed by atoms with van der Waals surface area (Å²) in [7, 11) is 0. The zero-order valence-corrected chi connectivity index (χ0v) is 22.4. The second kappa shape index (κ2) is 11.9. The molecule has 1 aromatic heterocycles. The van der Waals surface area contributed by atoms with E-state index in [1.54, 1.807) is 60.7 Å². The van der Waals surface area contributed by atoms with Gasteiger partial charge in [-0.15, -0.1) is 0 Å². The number of nitrogens with one attached hydrogen (secondary N) is 1. The molecule has 2 N–H and O–H groups in total. The summed E-state index contributed by atoms with van der Waals surface area (Å²) >= 11 is 6.29. The Labute approximate surface area is 240 Å². The molecule has 0 saturated carbocycles. The molecule has 6 nitrogen and oxygen atoms in total. The summed E-state index contributed by atoms with van der Waals surface area (Å²) < 4.78 is 15.4. The smallest absolute Gasteiger partial charge is 0.335 e.